The van der Waals surface area contributed by atoms with Gasteiger partial charge < -0.3 is 9.64 Å². The first-order valence-corrected chi connectivity index (χ1v) is 9.89. The van der Waals surface area contributed by atoms with Crippen LogP contribution in [0.15, 0.2) is 17.0 Å². The molecule has 4 nitrogen and oxygen atoms in total. The highest BCUT2D eigenvalue weighted by Crippen LogP contribution is 2.36. The zero-order chi connectivity index (χ0) is 19.1. The Morgan fingerprint density at radius 1 is 1.04 bits per heavy atom. The third kappa shape index (κ3) is 5.50. The van der Waals surface area contributed by atoms with E-state index in [1.54, 1.807) is 11.8 Å². The first-order chi connectivity index (χ1) is 11.8. The zero-order valence-corrected chi connectivity index (χ0v) is 17.3. The molecule has 0 N–H and O–H groups in total. The van der Waals surface area contributed by atoms with E-state index >= 15 is 0 Å². The molecule has 0 aromatic heterocycles. The van der Waals surface area contributed by atoms with Gasteiger partial charge in [-0.25, -0.2) is 4.79 Å². The molecular weight excluding hydrogens is 334 g/mol. The monoisotopic (exact) mass is 365 g/mol. The smallest absolute Gasteiger partial charge is 0.339 e. The lowest BCUT2D eigenvalue weighted by molar-refractivity contribution is 0.0522. The lowest BCUT2D eigenvalue weighted by Crippen LogP contribution is -2.27. The fraction of sp³-hybridized carbons (Fsp3) is 0.600. The maximum Gasteiger partial charge on any atom is 0.339 e. The second-order valence-electron chi connectivity index (χ2n) is 6.56. The highest BCUT2D eigenvalue weighted by Gasteiger charge is 2.24. The van der Waals surface area contributed by atoms with E-state index in [1.165, 1.54) is 0 Å². The lowest BCUT2D eigenvalue weighted by Gasteiger charge is -2.22. The molecule has 0 aliphatic carbocycles. The number of hydrogen-bond acceptors (Lipinski definition) is 4. The Hall–Kier alpha value is -1.49. The van der Waals surface area contributed by atoms with Crippen LogP contribution in [0.3, 0.4) is 0 Å². The Labute approximate surface area is 156 Å². The van der Waals surface area contributed by atoms with Gasteiger partial charge in [0.05, 0.1) is 12.2 Å². The van der Waals surface area contributed by atoms with Crippen LogP contribution in [-0.4, -0.2) is 35.8 Å². The van der Waals surface area contributed by atoms with Gasteiger partial charge in [0.2, 0.25) is 0 Å². The molecule has 0 unspecified atom stereocenters. The SMILES string of the molecule is CCOC(=O)c1cc(C(C)C)cc(C(C)C)c1SC(=O)N(CC)CC. The summed E-state index contributed by atoms with van der Waals surface area (Å²) < 4.78 is 5.26. The summed E-state index contributed by atoms with van der Waals surface area (Å²) in [6.45, 7) is 15.7. The molecule has 0 heterocycles. The molecule has 0 saturated heterocycles. The number of carbonyl (C=O) groups is 2. The van der Waals surface area contributed by atoms with Crippen molar-refractivity contribution in [3.05, 3.63) is 28.8 Å². The molecule has 25 heavy (non-hydrogen) atoms. The largest absolute Gasteiger partial charge is 0.462 e. The summed E-state index contributed by atoms with van der Waals surface area (Å²) >= 11 is 1.14. The van der Waals surface area contributed by atoms with Gasteiger partial charge in [0.15, 0.2) is 0 Å². The van der Waals surface area contributed by atoms with Crippen LogP contribution in [-0.2, 0) is 4.74 Å². The first-order valence-electron chi connectivity index (χ1n) is 9.08. The average molecular weight is 366 g/mol. The van der Waals surface area contributed by atoms with Gasteiger partial charge in [-0.2, -0.15) is 0 Å². The van der Waals surface area contributed by atoms with Crippen molar-refractivity contribution in [2.24, 2.45) is 0 Å². The van der Waals surface area contributed by atoms with Crippen molar-refractivity contribution in [3.8, 4) is 0 Å². The van der Waals surface area contributed by atoms with Crippen LogP contribution in [0.25, 0.3) is 0 Å². The molecule has 1 aromatic carbocycles. The van der Waals surface area contributed by atoms with Crippen LogP contribution < -0.4 is 0 Å². The van der Waals surface area contributed by atoms with Gasteiger partial charge in [-0.05, 0) is 61.6 Å². The number of nitrogens with zero attached hydrogens (tertiary/aromatic N) is 1. The zero-order valence-electron chi connectivity index (χ0n) is 16.5. The topological polar surface area (TPSA) is 46.6 Å². The molecule has 0 saturated carbocycles. The van der Waals surface area contributed by atoms with E-state index in [2.05, 4.69) is 33.8 Å². The van der Waals surface area contributed by atoms with Crippen LogP contribution in [0.4, 0.5) is 4.79 Å². The van der Waals surface area contributed by atoms with Crippen LogP contribution >= 0.6 is 11.8 Å². The summed E-state index contributed by atoms with van der Waals surface area (Å²) in [6.07, 6.45) is 0. The van der Waals surface area contributed by atoms with Crippen molar-refractivity contribution in [3.63, 3.8) is 0 Å². The summed E-state index contributed by atoms with van der Waals surface area (Å²) in [6, 6.07) is 4.00. The maximum atomic E-state index is 12.6. The van der Waals surface area contributed by atoms with Gasteiger partial charge in [-0.15, -0.1) is 0 Å². The molecule has 140 valence electrons. The minimum atomic E-state index is -0.359. The van der Waals surface area contributed by atoms with Crippen molar-refractivity contribution in [2.75, 3.05) is 19.7 Å². The van der Waals surface area contributed by atoms with Crippen molar-refractivity contribution >= 4 is 23.0 Å². The van der Waals surface area contributed by atoms with Crippen molar-refractivity contribution in [1.29, 1.82) is 0 Å². The molecule has 1 amide bonds. The summed E-state index contributed by atoms with van der Waals surface area (Å²) in [5.41, 5.74) is 2.62. The number of rotatable bonds is 7. The Balaban J connectivity index is 3.48. The normalized spacial score (nSPS) is 11.1. The van der Waals surface area contributed by atoms with Crippen LogP contribution in [0.2, 0.25) is 0 Å². The maximum absolute atomic E-state index is 12.6. The van der Waals surface area contributed by atoms with Crippen molar-refractivity contribution < 1.29 is 14.3 Å². The quantitative estimate of drug-likeness (QED) is 0.462. The molecular formula is C20H31NO3S. The second-order valence-corrected chi connectivity index (χ2v) is 7.52. The molecule has 5 heteroatoms. The number of amides is 1. The summed E-state index contributed by atoms with van der Waals surface area (Å²) in [5, 5.41) is -0.0326. The van der Waals surface area contributed by atoms with Gasteiger partial charge in [0.1, 0.15) is 0 Å². The van der Waals surface area contributed by atoms with Gasteiger partial charge >= 0.3 is 5.97 Å². The highest BCUT2D eigenvalue weighted by atomic mass is 32.2. The van der Waals surface area contributed by atoms with E-state index in [9.17, 15) is 9.59 Å². The minimum absolute atomic E-state index is 0.0326. The van der Waals surface area contributed by atoms with Crippen molar-refractivity contribution in [2.45, 2.75) is 65.2 Å². The van der Waals surface area contributed by atoms with E-state index in [0.29, 0.717) is 31.2 Å². The second kappa shape index (κ2) is 9.85. The van der Waals surface area contributed by atoms with Crippen LogP contribution in [0, 0.1) is 0 Å². The first kappa shape index (κ1) is 21.6. The molecule has 0 spiro atoms. The molecule has 1 aromatic rings. The highest BCUT2D eigenvalue weighted by molar-refractivity contribution is 8.13. The number of ether oxygens (including phenoxy) is 1. The van der Waals surface area contributed by atoms with E-state index in [4.69, 9.17) is 4.74 Å². The van der Waals surface area contributed by atoms with Crippen LogP contribution in [0.1, 0.15) is 81.8 Å². The van der Waals surface area contributed by atoms with Crippen LogP contribution in [0.5, 0.6) is 0 Å². The molecule has 0 radical (unpaired) electrons. The molecule has 0 aliphatic heterocycles. The van der Waals surface area contributed by atoms with E-state index in [0.717, 1.165) is 27.8 Å². The van der Waals surface area contributed by atoms with Crippen molar-refractivity contribution in [1.82, 2.24) is 4.90 Å². The Kier molecular flexibility index (Phi) is 8.50. The standard InChI is InChI=1S/C20H31NO3S/c1-8-21(9-2)20(23)25-18-16(14(6)7)11-15(13(4)5)12-17(18)19(22)24-10-3/h11-14H,8-10H2,1-7H3. The van der Waals surface area contributed by atoms with Gasteiger partial charge in [-0.1, -0.05) is 33.8 Å². The summed E-state index contributed by atoms with van der Waals surface area (Å²) in [7, 11) is 0. The van der Waals surface area contributed by atoms with E-state index < -0.39 is 0 Å². The van der Waals surface area contributed by atoms with E-state index in [1.807, 2.05) is 19.9 Å². The van der Waals surface area contributed by atoms with Gasteiger partial charge in [0.25, 0.3) is 5.24 Å². The summed E-state index contributed by atoms with van der Waals surface area (Å²) in [4.78, 5) is 27.7. The fourth-order valence-electron chi connectivity index (χ4n) is 2.54. The minimum Gasteiger partial charge on any atom is -0.462 e. The average Bonchev–Trinajstić information content (AvgIpc) is 2.55. The Morgan fingerprint density at radius 2 is 1.64 bits per heavy atom. The number of hydrogen-bond donors (Lipinski definition) is 0. The molecule has 0 bridgehead atoms. The predicted molar refractivity (Wildman–Crippen MR) is 105 cm³/mol. The Morgan fingerprint density at radius 3 is 2.08 bits per heavy atom. The lowest BCUT2D eigenvalue weighted by atomic mass is 9.93. The summed E-state index contributed by atoms with van der Waals surface area (Å²) in [5.74, 6) is 0.142. The number of thioether (sulfide) groups is 1. The fourth-order valence-corrected chi connectivity index (χ4v) is 3.77. The van der Waals surface area contributed by atoms with Gasteiger partial charge in [-0.3, -0.25) is 4.79 Å². The van der Waals surface area contributed by atoms with E-state index in [-0.39, 0.29) is 17.1 Å². The molecule has 0 atom stereocenters. The number of esters is 1. The molecule has 1 rings (SSSR count). The predicted octanol–water partition coefficient (Wildman–Crippen LogP) is 5.66. The molecule has 0 fully saturated rings. The third-order valence-corrected chi connectivity index (χ3v) is 5.23. The molecule has 0 aliphatic rings. The number of carbonyl (C=O) groups excluding carboxylic acids is 2. The Bertz CT molecular complexity index is 607. The number of benzene rings is 1. The third-order valence-electron chi connectivity index (χ3n) is 4.14. The van der Waals surface area contributed by atoms with Gasteiger partial charge in [0, 0.05) is 18.0 Å².